The molecule has 8 N–H and O–H groups in total. The van der Waals surface area contributed by atoms with Crippen LogP contribution >= 0.6 is 0 Å². The quantitative estimate of drug-likeness (QED) is 0.222. The summed E-state index contributed by atoms with van der Waals surface area (Å²) in [6.45, 7) is -0.914. The van der Waals surface area contributed by atoms with E-state index in [-0.39, 0.29) is 0 Å². The molecular formula is C8H16O9. The van der Waals surface area contributed by atoms with Gasteiger partial charge in [0.25, 0.3) is 0 Å². The minimum atomic E-state index is -2.36. The van der Waals surface area contributed by atoms with Crippen molar-refractivity contribution in [2.75, 3.05) is 6.61 Å². The number of hydrogen-bond donors (Lipinski definition) is 8. The SMILES string of the molecule is O=C(O)[C@@H](O)[C@@H](O)[C@@H](O)[C@@H](O)[C@H](O)[C@H](O)CO. The van der Waals surface area contributed by atoms with E-state index in [1.807, 2.05) is 0 Å². The summed E-state index contributed by atoms with van der Waals surface area (Å²) in [5.74, 6) is -1.83. The minimum absolute atomic E-state index is 0.914. The predicted molar refractivity (Wildman–Crippen MR) is 50.8 cm³/mol. The molecule has 0 spiro atoms. The number of rotatable bonds is 7. The summed E-state index contributed by atoms with van der Waals surface area (Å²) < 4.78 is 0. The van der Waals surface area contributed by atoms with Crippen molar-refractivity contribution < 1.29 is 45.6 Å². The van der Waals surface area contributed by atoms with Crippen LogP contribution in [-0.2, 0) is 4.79 Å². The lowest BCUT2D eigenvalue weighted by Crippen LogP contribution is -2.54. The van der Waals surface area contributed by atoms with Crippen LogP contribution in [0.5, 0.6) is 0 Å². The van der Waals surface area contributed by atoms with Crippen LogP contribution in [0.15, 0.2) is 0 Å². The Morgan fingerprint density at radius 2 is 1.24 bits per heavy atom. The first-order valence-corrected chi connectivity index (χ1v) is 4.66. The van der Waals surface area contributed by atoms with Gasteiger partial charge in [-0.05, 0) is 0 Å². The standard InChI is InChI=1S/C8H16O9/c9-1-2(10)3(11)4(12)5(13)6(14)7(15)8(16)17/h2-7,9-15H,1H2,(H,16,17)/t2-,3-,4+,5+,6+,7+/m1/s1. The normalized spacial score (nSPS) is 22.3. The molecule has 0 bridgehead atoms. The molecule has 0 saturated heterocycles. The molecule has 17 heavy (non-hydrogen) atoms. The fourth-order valence-corrected chi connectivity index (χ4v) is 1.07. The van der Waals surface area contributed by atoms with Crippen molar-refractivity contribution in [3.63, 3.8) is 0 Å². The molecule has 0 saturated carbocycles. The lowest BCUT2D eigenvalue weighted by Gasteiger charge is -2.29. The van der Waals surface area contributed by atoms with Crippen LogP contribution in [0.4, 0.5) is 0 Å². The van der Waals surface area contributed by atoms with E-state index in [0.29, 0.717) is 0 Å². The number of carboxylic acid groups (broad SMARTS) is 1. The Balaban J connectivity index is 4.58. The molecule has 0 unspecified atom stereocenters. The molecule has 0 amide bonds. The number of hydrogen-bond acceptors (Lipinski definition) is 8. The first-order valence-electron chi connectivity index (χ1n) is 4.66. The highest BCUT2D eigenvalue weighted by molar-refractivity contribution is 5.72. The fourth-order valence-electron chi connectivity index (χ4n) is 1.07. The lowest BCUT2D eigenvalue weighted by atomic mass is 9.96. The number of carboxylic acids is 1. The molecule has 9 heteroatoms. The average Bonchev–Trinajstić information content (AvgIpc) is 2.32. The third kappa shape index (κ3) is 4.16. The summed E-state index contributed by atoms with van der Waals surface area (Å²) in [4.78, 5) is 10.3. The van der Waals surface area contributed by atoms with Gasteiger partial charge in [0.15, 0.2) is 6.10 Å². The van der Waals surface area contributed by atoms with Crippen LogP contribution in [0.25, 0.3) is 0 Å². The van der Waals surface area contributed by atoms with Gasteiger partial charge in [-0.3, -0.25) is 0 Å². The number of carbonyl (C=O) groups is 1. The Labute approximate surface area is 95.8 Å². The molecule has 0 aliphatic carbocycles. The van der Waals surface area contributed by atoms with Crippen molar-refractivity contribution in [3.8, 4) is 0 Å². The van der Waals surface area contributed by atoms with Gasteiger partial charge in [-0.2, -0.15) is 0 Å². The van der Waals surface area contributed by atoms with Crippen molar-refractivity contribution in [2.45, 2.75) is 36.6 Å². The van der Waals surface area contributed by atoms with E-state index in [9.17, 15) is 15.0 Å². The van der Waals surface area contributed by atoms with E-state index in [2.05, 4.69) is 0 Å². The van der Waals surface area contributed by atoms with Gasteiger partial charge in [0, 0.05) is 0 Å². The topological polar surface area (TPSA) is 179 Å². The predicted octanol–water partition coefficient (Wildman–Crippen LogP) is -4.77. The molecular weight excluding hydrogens is 240 g/mol. The van der Waals surface area contributed by atoms with E-state index in [0.717, 1.165) is 0 Å². The van der Waals surface area contributed by atoms with Crippen LogP contribution in [-0.4, -0.2) is 90.1 Å². The molecule has 0 aromatic rings. The fraction of sp³-hybridized carbons (Fsp3) is 0.875. The van der Waals surface area contributed by atoms with Crippen LogP contribution in [0.1, 0.15) is 0 Å². The minimum Gasteiger partial charge on any atom is -0.479 e. The summed E-state index contributed by atoms with van der Waals surface area (Å²) in [6, 6.07) is 0. The first kappa shape index (κ1) is 16.2. The Kier molecular flexibility index (Phi) is 6.49. The summed E-state index contributed by atoms with van der Waals surface area (Å²) in [5.41, 5.74) is 0. The third-order valence-corrected chi connectivity index (χ3v) is 2.21. The van der Waals surface area contributed by atoms with Crippen molar-refractivity contribution in [1.82, 2.24) is 0 Å². The second kappa shape index (κ2) is 6.81. The third-order valence-electron chi connectivity index (χ3n) is 2.21. The molecule has 0 aromatic carbocycles. The van der Waals surface area contributed by atoms with Gasteiger partial charge in [0.1, 0.15) is 30.5 Å². The molecule has 0 aromatic heterocycles. The zero-order chi connectivity index (χ0) is 13.7. The molecule has 0 rings (SSSR count). The van der Waals surface area contributed by atoms with E-state index in [1.54, 1.807) is 0 Å². The summed E-state index contributed by atoms with van der Waals surface area (Å²) in [7, 11) is 0. The van der Waals surface area contributed by atoms with Crippen LogP contribution < -0.4 is 0 Å². The van der Waals surface area contributed by atoms with Crippen molar-refractivity contribution in [2.24, 2.45) is 0 Å². The van der Waals surface area contributed by atoms with Gasteiger partial charge in [0.2, 0.25) is 0 Å². The van der Waals surface area contributed by atoms with Crippen molar-refractivity contribution in [1.29, 1.82) is 0 Å². The highest BCUT2D eigenvalue weighted by Gasteiger charge is 2.39. The van der Waals surface area contributed by atoms with Crippen LogP contribution in [0.2, 0.25) is 0 Å². The summed E-state index contributed by atoms with van der Waals surface area (Å²) in [5, 5.41) is 71.4. The lowest BCUT2D eigenvalue weighted by molar-refractivity contribution is -0.175. The first-order chi connectivity index (χ1) is 7.73. The van der Waals surface area contributed by atoms with Crippen LogP contribution in [0, 0.1) is 0 Å². The largest absolute Gasteiger partial charge is 0.479 e. The Hall–Kier alpha value is -0.810. The van der Waals surface area contributed by atoms with Gasteiger partial charge in [0.05, 0.1) is 6.61 Å². The second-order valence-electron chi connectivity index (χ2n) is 3.50. The molecule has 0 aliphatic heterocycles. The van der Waals surface area contributed by atoms with Gasteiger partial charge >= 0.3 is 5.97 Å². The van der Waals surface area contributed by atoms with Gasteiger partial charge < -0.3 is 40.9 Å². The molecule has 6 atom stereocenters. The van der Waals surface area contributed by atoms with Crippen LogP contribution in [0.3, 0.4) is 0 Å². The highest BCUT2D eigenvalue weighted by atomic mass is 16.4. The van der Waals surface area contributed by atoms with Gasteiger partial charge in [-0.25, -0.2) is 4.79 Å². The Morgan fingerprint density at radius 3 is 1.59 bits per heavy atom. The smallest absolute Gasteiger partial charge is 0.335 e. The summed E-state index contributed by atoms with van der Waals surface area (Å²) >= 11 is 0. The number of aliphatic carboxylic acids is 1. The molecule has 0 radical (unpaired) electrons. The molecule has 102 valence electrons. The van der Waals surface area contributed by atoms with Gasteiger partial charge in [-0.1, -0.05) is 0 Å². The maximum Gasteiger partial charge on any atom is 0.335 e. The van der Waals surface area contributed by atoms with Crippen molar-refractivity contribution >= 4 is 5.97 Å². The molecule has 0 aliphatic rings. The average molecular weight is 256 g/mol. The highest BCUT2D eigenvalue weighted by Crippen LogP contribution is 2.11. The van der Waals surface area contributed by atoms with Gasteiger partial charge in [-0.15, -0.1) is 0 Å². The maximum atomic E-state index is 10.3. The zero-order valence-electron chi connectivity index (χ0n) is 8.66. The Morgan fingerprint density at radius 1 is 0.824 bits per heavy atom. The Bertz CT molecular complexity index is 245. The second-order valence-corrected chi connectivity index (χ2v) is 3.50. The van der Waals surface area contributed by atoms with E-state index in [4.69, 9.17) is 30.6 Å². The van der Waals surface area contributed by atoms with Crippen molar-refractivity contribution in [3.05, 3.63) is 0 Å². The van der Waals surface area contributed by atoms with E-state index in [1.165, 1.54) is 0 Å². The van der Waals surface area contributed by atoms with E-state index >= 15 is 0 Å². The monoisotopic (exact) mass is 256 g/mol. The van der Waals surface area contributed by atoms with E-state index < -0.39 is 49.2 Å². The number of aliphatic hydroxyl groups excluding tert-OH is 7. The molecule has 0 heterocycles. The summed E-state index contributed by atoms with van der Waals surface area (Å²) in [6.07, 6.45) is -12.8. The zero-order valence-corrected chi connectivity index (χ0v) is 8.66. The maximum absolute atomic E-state index is 10.3. The molecule has 0 fully saturated rings. The number of aliphatic hydroxyl groups is 7. The molecule has 9 nitrogen and oxygen atoms in total.